The Balaban J connectivity index is 0.00000210. The molecule has 0 atom stereocenters. The van der Waals surface area contributed by atoms with E-state index in [0.29, 0.717) is 24.2 Å². The van der Waals surface area contributed by atoms with E-state index in [0.717, 1.165) is 29.8 Å². The molecule has 4 rings (SSSR count). The van der Waals surface area contributed by atoms with Crippen molar-refractivity contribution >= 4 is 35.1 Å². The lowest BCUT2D eigenvalue weighted by Crippen LogP contribution is -2.25. The fraction of sp³-hybridized carbons (Fsp3) is 0.250. The molecule has 1 amide bonds. The van der Waals surface area contributed by atoms with E-state index in [-0.39, 0.29) is 23.9 Å². The third-order valence-electron chi connectivity index (χ3n) is 4.65. The number of aromatic nitrogens is 3. The lowest BCUT2D eigenvalue weighted by molar-refractivity contribution is 0.0953. The summed E-state index contributed by atoms with van der Waals surface area (Å²) in [4.78, 5) is 29.2. The van der Waals surface area contributed by atoms with E-state index in [4.69, 9.17) is 0 Å². The van der Waals surface area contributed by atoms with Gasteiger partial charge in [0, 0.05) is 18.7 Å². The van der Waals surface area contributed by atoms with Gasteiger partial charge in [-0.1, -0.05) is 24.3 Å². The average Bonchev–Trinajstić information content (AvgIpc) is 3.15. The standard InChI is InChI=1S/C20H20N4O2.ClH/c1-14-18-20(26)23(17-11-7-10-16(22-14)24(17)18)13-6-5-12-21-19(25)15-8-3-2-4-9-15;/h2-4,7-11H,5-6,12-13H2,1H3,(H,21,25);1H. The van der Waals surface area contributed by atoms with Crippen LogP contribution in [-0.4, -0.2) is 26.4 Å². The van der Waals surface area contributed by atoms with Gasteiger partial charge in [0.25, 0.3) is 11.5 Å². The predicted octanol–water partition coefficient (Wildman–Crippen LogP) is 3.03. The molecule has 27 heavy (non-hydrogen) atoms. The largest absolute Gasteiger partial charge is 0.352 e. The second kappa shape index (κ2) is 7.80. The molecule has 140 valence electrons. The molecule has 0 unspecified atom stereocenters. The Labute approximate surface area is 162 Å². The van der Waals surface area contributed by atoms with Gasteiger partial charge >= 0.3 is 0 Å². The first-order valence-electron chi connectivity index (χ1n) is 8.80. The predicted molar refractivity (Wildman–Crippen MR) is 108 cm³/mol. The smallest absolute Gasteiger partial charge is 0.278 e. The normalized spacial score (nSPS) is 11.0. The summed E-state index contributed by atoms with van der Waals surface area (Å²) in [5.41, 5.74) is 3.77. The van der Waals surface area contributed by atoms with Crippen LogP contribution in [0.15, 0.2) is 53.3 Å². The zero-order valence-electron chi connectivity index (χ0n) is 15.0. The highest BCUT2D eigenvalue weighted by Gasteiger charge is 2.17. The van der Waals surface area contributed by atoms with Crippen LogP contribution in [0.1, 0.15) is 28.9 Å². The second-order valence-corrected chi connectivity index (χ2v) is 6.41. The Morgan fingerprint density at radius 1 is 1.07 bits per heavy atom. The Morgan fingerprint density at radius 3 is 2.63 bits per heavy atom. The van der Waals surface area contributed by atoms with Crippen molar-refractivity contribution in [2.75, 3.05) is 6.54 Å². The number of nitrogens with zero attached hydrogens (tertiary/aromatic N) is 3. The molecule has 0 bridgehead atoms. The average molecular weight is 385 g/mol. The number of aryl methyl sites for hydroxylation is 2. The Kier molecular flexibility index (Phi) is 5.46. The van der Waals surface area contributed by atoms with Crippen LogP contribution in [-0.2, 0) is 6.54 Å². The van der Waals surface area contributed by atoms with Crippen molar-refractivity contribution in [2.45, 2.75) is 26.3 Å². The van der Waals surface area contributed by atoms with E-state index >= 15 is 0 Å². The van der Waals surface area contributed by atoms with Gasteiger partial charge in [0.15, 0.2) is 0 Å². The van der Waals surface area contributed by atoms with E-state index in [9.17, 15) is 9.59 Å². The summed E-state index contributed by atoms with van der Waals surface area (Å²) in [7, 11) is 0. The topological polar surface area (TPSA) is 68.4 Å². The summed E-state index contributed by atoms with van der Waals surface area (Å²) < 4.78 is 3.73. The number of hydrogen-bond donors (Lipinski definition) is 1. The minimum Gasteiger partial charge on any atom is -0.352 e. The minimum absolute atomic E-state index is 0. The van der Waals surface area contributed by atoms with Gasteiger partial charge in [-0.05, 0) is 44.0 Å². The summed E-state index contributed by atoms with van der Waals surface area (Å²) in [5, 5.41) is 2.92. The number of carbonyl (C=O) groups is 1. The molecule has 4 aromatic rings. The van der Waals surface area contributed by atoms with Crippen molar-refractivity contribution in [3.05, 3.63) is 70.1 Å². The van der Waals surface area contributed by atoms with Gasteiger partial charge in [0.05, 0.1) is 5.69 Å². The molecule has 3 aromatic heterocycles. The highest BCUT2D eigenvalue weighted by atomic mass is 35.5. The lowest BCUT2D eigenvalue weighted by Gasteiger charge is -2.06. The molecule has 1 N–H and O–H groups in total. The molecular weight excluding hydrogens is 364 g/mol. The first-order chi connectivity index (χ1) is 12.7. The van der Waals surface area contributed by atoms with Gasteiger partial charge in [0.1, 0.15) is 16.8 Å². The third kappa shape index (κ3) is 3.40. The number of rotatable bonds is 6. The molecule has 7 heteroatoms. The molecular formula is C20H21ClN4O2. The molecule has 1 aromatic carbocycles. The van der Waals surface area contributed by atoms with Crippen molar-refractivity contribution in [3.63, 3.8) is 0 Å². The Morgan fingerprint density at radius 2 is 1.85 bits per heavy atom. The highest BCUT2D eigenvalue weighted by molar-refractivity contribution is 5.94. The molecule has 0 aliphatic carbocycles. The van der Waals surface area contributed by atoms with Crippen LogP contribution < -0.4 is 10.9 Å². The third-order valence-corrected chi connectivity index (χ3v) is 4.65. The van der Waals surface area contributed by atoms with Gasteiger partial charge in [-0.3, -0.25) is 18.6 Å². The Bertz CT molecular complexity index is 1120. The van der Waals surface area contributed by atoms with Crippen molar-refractivity contribution in [1.29, 1.82) is 0 Å². The van der Waals surface area contributed by atoms with E-state index in [1.807, 2.05) is 47.7 Å². The SMILES string of the molecule is Cc1nc2cccc3n(CCCCNC(=O)c4ccccc4)c(=O)c1n23.Cl. The van der Waals surface area contributed by atoms with Crippen LogP contribution in [0.5, 0.6) is 0 Å². The first kappa shape index (κ1) is 18.9. The molecule has 0 fully saturated rings. The van der Waals surface area contributed by atoms with Crippen LogP contribution in [0.25, 0.3) is 16.8 Å². The number of benzene rings is 1. The number of amides is 1. The van der Waals surface area contributed by atoms with Crippen LogP contribution in [0.3, 0.4) is 0 Å². The van der Waals surface area contributed by atoms with Gasteiger partial charge < -0.3 is 5.32 Å². The summed E-state index contributed by atoms with van der Waals surface area (Å²) in [6, 6.07) is 15.0. The lowest BCUT2D eigenvalue weighted by atomic mass is 10.2. The molecule has 0 aliphatic rings. The summed E-state index contributed by atoms with van der Waals surface area (Å²) >= 11 is 0. The number of pyridine rings is 1. The summed E-state index contributed by atoms with van der Waals surface area (Å²) in [6.07, 6.45) is 1.62. The maximum absolute atomic E-state index is 12.7. The monoisotopic (exact) mass is 384 g/mol. The van der Waals surface area contributed by atoms with Crippen LogP contribution in [0.2, 0.25) is 0 Å². The number of hydrogen-bond acceptors (Lipinski definition) is 3. The van der Waals surface area contributed by atoms with Gasteiger partial charge in [0.2, 0.25) is 0 Å². The molecule has 3 heterocycles. The number of carbonyl (C=O) groups excluding carboxylic acids is 1. The maximum atomic E-state index is 12.7. The Hall–Kier alpha value is -2.86. The van der Waals surface area contributed by atoms with E-state index in [1.54, 1.807) is 16.7 Å². The van der Waals surface area contributed by atoms with Gasteiger partial charge in [-0.15, -0.1) is 12.4 Å². The van der Waals surface area contributed by atoms with Gasteiger partial charge in [-0.2, -0.15) is 0 Å². The molecule has 0 saturated carbocycles. The zero-order valence-corrected chi connectivity index (χ0v) is 15.8. The van der Waals surface area contributed by atoms with Gasteiger partial charge in [-0.25, -0.2) is 4.98 Å². The molecule has 0 aliphatic heterocycles. The van der Waals surface area contributed by atoms with Crippen LogP contribution in [0.4, 0.5) is 0 Å². The highest BCUT2D eigenvalue weighted by Crippen LogP contribution is 2.17. The van der Waals surface area contributed by atoms with Crippen molar-refractivity contribution in [3.8, 4) is 0 Å². The molecule has 0 spiro atoms. The quantitative estimate of drug-likeness (QED) is 0.519. The number of halogens is 1. The minimum atomic E-state index is -0.0646. The van der Waals surface area contributed by atoms with E-state index < -0.39 is 0 Å². The maximum Gasteiger partial charge on any atom is 0.278 e. The molecule has 0 radical (unpaired) electrons. The fourth-order valence-electron chi connectivity index (χ4n) is 3.39. The van der Waals surface area contributed by atoms with Crippen molar-refractivity contribution in [1.82, 2.24) is 19.3 Å². The van der Waals surface area contributed by atoms with E-state index in [2.05, 4.69) is 10.3 Å². The van der Waals surface area contributed by atoms with E-state index in [1.165, 1.54) is 0 Å². The van der Waals surface area contributed by atoms with Crippen LogP contribution in [0, 0.1) is 6.92 Å². The number of imidazole rings is 2. The molecule has 0 saturated heterocycles. The van der Waals surface area contributed by atoms with Crippen molar-refractivity contribution in [2.24, 2.45) is 0 Å². The van der Waals surface area contributed by atoms with Crippen molar-refractivity contribution < 1.29 is 4.79 Å². The number of unbranched alkanes of at least 4 members (excludes halogenated alkanes) is 1. The zero-order chi connectivity index (χ0) is 18.1. The number of nitrogens with one attached hydrogen (secondary N) is 1. The second-order valence-electron chi connectivity index (χ2n) is 6.41. The fourth-order valence-corrected chi connectivity index (χ4v) is 3.39. The van der Waals surface area contributed by atoms with Crippen LogP contribution >= 0.6 is 12.4 Å². The molecule has 6 nitrogen and oxygen atoms in total. The summed E-state index contributed by atoms with van der Waals surface area (Å²) in [6.45, 7) is 3.08. The first-order valence-corrected chi connectivity index (χ1v) is 8.80. The summed E-state index contributed by atoms with van der Waals surface area (Å²) in [5.74, 6) is -0.0646.